The van der Waals surface area contributed by atoms with Crippen LogP contribution in [0.4, 0.5) is 22.0 Å². The molecule has 1 fully saturated rings. The highest BCUT2D eigenvalue weighted by atomic mass is 31.1. The van der Waals surface area contributed by atoms with Gasteiger partial charge in [-0.1, -0.05) is 38.0 Å². The van der Waals surface area contributed by atoms with E-state index in [-0.39, 0.29) is 26.4 Å². The lowest BCUT2D eigenvalue weighted by Gasteiger charge is -2.30. The Bertz CT molecular complexity index is 978. The Morgan fingerprint density at radius 3 is 2.75 bits per heavy atom. The van der Waals surface area contributed by atoms with E-state index in [0.29, 0.717) is 25.6 Å². The lowest BCUT2D eigenvalue weighted by Crippen LogP contribution is -2.41. The van der Waals surface area contributed by atoms with E-state index in [4.69, 9.17) is 9.72 Å². The van der Waals surface area contributed by atoms with Crippen molar-refractivity contribution in [3.05, 3.63) is 24.3 Å². The molecule has 0 bridgehead atoms. The number of β-amino-alcohol motifs (C(OH)–C–C–N with tert-alkyl or cyclic N) is 1. The second-order valence-corrected chi connectivity index (χ2v) is 10.6. The fraction of sp³-hybridized carbons (Fsp3) is 0.583. The summed E-state index contributed by atoms with van der Waals surface area (Å²) in [5.41, 5.74) is 2.02. The van der Waals surface area contributed by atoms with E-state index in [2.05, 4.69) is 28.1 Å². The molecule has 1 amide bonds. The van der Waals surface area contributed by atoms with Crippen LogP contribution in [0.2, 0.25) is 0 Å². The maximum atomic E-state index is 12.8. The van der Waals surface area contributed by atoms with Crippen LogP contribution >= 0.6 is 8.58 Å². The summed E-state index contributed by atoms with van der Waals surface area (Å²) in [4.78, 5) is 22.2. The molecule has 0 saturated carbocycles. The van der Waals surface area contributed by atoms with Gasteiger partial charge in [0.2, 0.25) is 5.65 Å². The van der Waals surface area contributed by atoms with E-state index in [0.717, 1.165) is 47.7 Å². The minimum absolute atomic E-state index is 0.0341. The Morgan fingerprint density at radius 1 is 1.25 bits per heavy atom. The highest BCUT2D eigenvalue weighted by Crippen LogP contribution is 2.57. The van der Waals surface area contributed by atoms with Crippen LogP contribution in [0.25, 0.3) is 10.9 Å². The molecule has 1 aromatic heterocycles. The van der Waals surface area contributed by atoms with Crippen molar-refractivity contribution in [1.29, 1.82) is 0 Å². The summed E-state index contributed by atoms with van der Waals surface area (Å²) in [6, 6.07) is 8.22. The molecule has 0 aliphatic carbocycles. The topological polar surface area (TPSA) is 77.7 Å². The van der Waals surface area contributed by atoms with Crippen LogP contribution in [0.5, 0.6) is 0 Å². The molecular formula is C24H35N4O3P. The summed E-state index contributed by atoms with van der Waals surface area (Å²) in [6.07, 6.45) is 4.42. The van der Waals surface area contributed by atoms with Crippen LogP contribution in [0.1, 0.15) is 47.0 Å². The quantitative estimate of drug-likeness (QED) is 0.287. The molecule has 7 nitrogen and oxygen atoms in total. The predicted molar refractivity (Wildman–Crippen MR) is 134 cm³/mol. The minimum Gasteiger partial charge on any atom is -0.389 e. The molecule has 4 rings (SSSR count). The Kier molecular flexibility index (Phi) is 6.89. The third kappa shape index (κ3) is 4.70. The summed E-state index contributed by atoms with van der Waals surface area (Å²) in [6.45, 7) is 9.59. The van der Waals surface area contributed by atoms with Crippen molar-refractivity contribution in [1.82, 2.24) is 4.98 Å². The normalized spacial score (nSPS) is 19.7. The number of nitrogens with zero attached hydrogens (tertiary/aromatic N) is 3. The molecule has 0 spiro atoms. The first-order valence-electron chi connectivity index (χ1n) is 11.7. The van der Waals surface area contributed by atoms with Gasteiger partial charge in [-0.05, 0) is 48.0 Å². The maximum absolute atomic E-state index is 12.8. The molecule has 2 N–H and O–H groups in total. The molecular weight excluding hydrogens is 423 g/mol. The number of unbranched alkanes of at least 4 members (excludes halogenated alkanes) is 2. The van der Waals surface area contributed by atoms with Crippen LogP contribution in [-0.4, -0.2) is 59.5 Å². The molecule has 174 valence electrons. The molecule has 3 unspecified atom stereocenters. The zero-order chi connectivity index (χ0) is 22.9. The molecule has 3 heterocycles. The lowest BCUT2D eigenvalue weighted by molar-refractivity contribution is 0.0865. The number of hydrogen-bond donors (Lipinski definition) is 2. The van der Waals surface area contributed by atoms with E-state index in [1.165, 1.54) is 0 Å². The molecule has 0 radical (unpaired) electrons. The Labute approximate surface area is 192 Å². The SMILES string of the molecule is CCCCCPC(=O)Nc1nc2ccccc2c2c1N1C(COCC)C1N2CC(C)(C)O. The summed E-state index contributed by atoms with van der Waals surface area (Å²) in [7, 11) is 0.231. The number of nitrogens with one attached hydrogen (secondary N) is 1. The molecule has 1 aromatic carbocycles. The van der Waals surface area contributed by atoms with Crippen LogP contribution in [0.3, 0.4) is 0 Å². The van der Waals surface area contributed by atoms with Gasteiger partial charge < -0.3 is 25.0 Å². The van der Waals surface area contributed by atoms with Gasteiger partial charge in [-0.25, -0.2) is 4.98 Å². The van der Waals surface area contributed by atoms with E-state index in [1.807, 2.05) is 39.0 Å². The molecule has 32 heavy (non-hydrogen) atoms. The van der Waals surface area contributed by atoms with Crippen molar-refractivity contribution in [2.45, 2.75) is 64.8 Å². The van der Waals surface area contributed by atoms with Gasteiger partial charge in [0.05, 0.1) is 29.5 Å². The molecule has 2 aliphatic heterocycles. The second-order valence-electron chi connectivity index (χ2n) is 9.25. The summed E-state index contributed by atoms with van der Waals surface area (Å²) < 4.78 is 5.73. The summed E-state index contributed by atoms with van der Waals surface area (Å²) in [5, 5.41) is 14.8. The molecule has 1 saturated heterocycles. The zero-order valence-electron chi connectivity index (χ0n) is 19.5. The number of fused-ring (bicyclic) bond motifs is 5. The zero-order valence-corrected chi connectivity index (χ0v) is 20.5. The third-order valence-electron chi connectivity index (χ3n) is 5.95. The number of amides is 1. The fourth-order valence-electron chi connectivity index (χ4n) is 4.58. The van der Waals surface area contributed by atoms with Crippen molar-refractivity contribution >= 4 is 42.3 Å². The van der Waals surface area contributed by atoms with Crippen molar-refractivity contribution in [2.75, 3.05) is 41.0 Å². The Balaban J connectivity index is 1.70. The number of carbonyl (C=O) groups excluding carboxylic acids is 1. The van der Waals surface area contributed by atoms with Crippen molar-refractivity contribution in [3.63, 3.8) is 0 Å². The Morgan fingerprint density at radius 2 is 2.03 bits per heavy atom. The smallest absolute Gasteiger partial charge is 0.243 e. The van der Waals surface area contributed by atoms with Crippen molar-refractivity contribution < 1.29 is 14.6 Å². The molecule has 3 atom stereocenters. The second kappa shape index (κ2) is 9.50. The van der Waals surface area contributed by atoms with Crippen molar-refractivity contribution in [3.8, 4) is 0 Å². The van der Waals surface area contributed by atoms with Gasteiger partial charge in [-0.15, -0.1) is 0 Å². The number of para-hydroxylation sites is 1. The maximum Gasteiger partial charge on any atom is 0.243 e. The molecule has 2 aliphatic rings. The van der Waals surface area contributed by atoms with Gasteiger partial charge in [0, 0.05) is 18.5 Å². The predicted octanol–water partition coefficient (Wildman–Crippen LogP) is 4.78. The first kappa shape index (κ1) is 23.2. The van der Waals surface area contributed by atoms with E-state index < -0.39 is 5.60 Å². The van der Waals surface area contributed by atoms with E-state index >= 15 is 0 Å². The highest BCUT2D eigenvalue weighted by Gasteiger charge is 2.60. The van der Waals surface area contributed by atoms with Gasteiger partial charge in [-0.3, -0.25) is 4.79 Å². The number of carbonyl (C=O) groups is 1. The number of pyridine rings is 1. The first-order chi connectivity index (χ1) is 15.4. The number of anilines is 3. The number of hydrogen-bond acceptors (Lipinski definition) is 6. The standard InChI is InChI=1S/C24H35N4O3P/c1-5-7-10-13-32-23(29)26-21-20-19(16-11-8-9-12-17(16)25-21)27(15-24(3,4)30)22-18(28(20)22)14-31-6-2/h8-9,11-12,18,22,30,32H,5-7,10,13-15H2,1-4H3,(H,25,26,29). The highest BCUT2D eigenvalue weighted by molar-refractivity contribution is 7.58. The fourth-order valence-corrected chi connectivity index (χ4v) is 5.44. The first-order valence-corrected chi connectivity index (χ1v) is 12.9. The van der Waals surface area contributed by atoms with Gasteiger partial charge in [0.15, 0.2) is 5.82 Å². The van der Waals surface area contributed by atoms with Gasteiger partial charge >= 0.3 is 0 Å². The van der Waals surface area contributed by atoms with Crippen LogP contribution in [0.15, 0.2) is 24.3 Å². The molecule has 2 aromatic rings. The summed E-state index contributed by atoms with van der Waals surface area (Å²) >= 11 is 0. The lowest BCUT2D eigenvalue weighted by atomic mass is 10.1. The molecule has 8 heteroatoms. The number of aliphatic hydroxyl groups is 1. The number of benzene rings is 1. The number of rotatable bonds is 11. The number of aromatic nitrogens is 1. The van der Waals surface area contributed by atoms with Crippen LogP contribution < -0.4 is 15.1 Å². The number of ether oxygens (including phenoxy) is 1. The van der Waals surface area contributed by atoms with Crippen molar-refractivity contribution in [2.24, 2.45) is 0 Å². The summed E-state index contributed by atoms with van der Waals surface area (Å²) in [5.74, 6) is 0.619. The Hall–Kier alpha value is -1.95. The van der Waals surface area contributed by atoms with Crippen LogP contribution in [-0.2, 0) is 4.74 Å². The van der Waals surface area contributed by atoms with Gasteiger partial charge in [0.25, 0.3) is 0 Å². The van der Waals surface area contributed by atoms with Gasteiger partial charge in [0.1, 0.15) is 11.9 Å². The van der Waals surface area contributed by atoms with Gasteiger partial charge in [-0.2, -0.15) is 0 Å². The average molecular weight is 459 g/mol. The average Bonchev–Trinajstić information content (AvgIpc) is 3.35. The third-order valence-corrected chi connectivity index (χ3v) is 7.00. The van der Waals surface area contributed by atoms with E-state index in [1.54, 1.807) is 0 Å². The largest absolute Gasteiger partial charge is 0.389 e. The van der Waals surface area contributed by atoms with E-state index in [9.17, 15) is 9.90 Å². The van der Waals surface area contributed by atoms with Crippen LogP contribution in [0, 0.1) is 0 Å². The monoisotopic (exact) mass is 458 g/mol. The minimum atomic E-state index is -0.861.